The van der Waals surface area contributed by atoms with Gasteiger partial charge < -0.3 is 10.5 Å². The number of ether oxygens (including phenoxy) is 1. The molecule has 0 atom stereocenters. The van der Waals surface area contributed by atoms with E-state index in [2.05, 4.69) is 40.5 Å². The Kier molecular flexibility index (Phi) is 8.22. The predicted molar refractivity (Wildman–Crippen MR) is 126 cm³/mol. The van der Waals surface area contributed by atoms with Crippen LogP contribution in [0.25, 0.3) is 0 Å². The zero-order chi connectivity index (χ0) is 20.3. The van der Waals surface area contributed by atoms with Gasteiger partial charge in [-0.3, -0.25) is 0 Å². The third-order valence-electron chi connectivity index (χ3n) is 4.04. The number of nitrogens with two attached hydrogens (primary N) is 1. The Morgan fingerprint density at radius 1 is 0.966 bits per heavy atom. The molecule has 148 valence electrons. The van der Waals surface area contributed by atoms with Crippen molar-refractivity contribution < 1.29 is 4.74 Å². The average Bonchev–Trinajstić information content (AvgIpc) is 2.78. The molecule has 0 heterocycles. The molecule has 0 aromatic heterocycles. The highest BCUT2D eigenvalue weighted by molar-refractivity contribution is 8.13. The second kappa shape index (κ2) is 11.3. The van der Waals surface area contributed by atoms with Crippen LogP contribution in [0.1, 0.15) is 16.7 Å². The first-order valence-corrected chi connectivity index (χ1v) is 11.1. The lowest BCUT2D eigenvalue weighted by atomic mass is 10.1. The van der Waals surface area contributed by atoms with Crippen LogP contribution in [0.4, 0.5) is 0 Å². The quantitative estimate of drug-likeness (QED) is 0.224. The van der Waals surface area contributed by atoms with E-state index in [1.807, 2.05) is 48.5 Å². The summed E-state index contributed by atoms with van der Waals surface area (Å²) in [6.07, 6.45) is 1.69. The predicted octanol–water partition coefficient (Wildman–Crippen LogP) is 5.57. The van der Waals surface area contributed by atoms with Crippen molar-refractivity contribution in [3.63, 3.8) is 0 Å². The average molecular weight is 422 g/mol. The summed E-state index contributed by atoms with van der Waals surface area (Å²) in [4.78, 5) is 1.23. The molecular weight excluding hydrogens is 398 g/mol. The molecule has 3 aromatic rings. The molecule has 0 aliphatic rings. The molecule has 0 spiro atoms. The first kappa shape index (κ1) is 21.0. The maximum Gasteiger partial charge on any atom is 0.180 e. The van der Waals surface area contributed by atoms with Crippen LogP contribution < -0.4 is 10.5 Å². The zero-order valence-electron chi connectivity index (χ0n) is 16.2. The number of nitrogens with zero attached hydrogens (tertiary/aromatic N) is 2. The summed E-state index contributed by atoms with van der Waals surface area (Å²) in [5.41, 5.74) is 9.19. The van der Waals surface area contributed by atoms with E-state index < -0.39 is 0 Å². The maximum atomic E-state index is 5.93. The van der Waals surface area contributed by atoms with Gasteiger partial charge in [0.05, 0.1) is 13.3 Å². The molecule has 6 heteroatoms. The molecule has 0 bridgehead atoms. The van der Waals surface area contributed by atoms with Crippen molar-refractivity contribution in [2.75, 3.05) is 7.11 Å². The SMILES string of the molecule is COc1cc(C=NN=C(N)SCc2ccccc2)ccc1CSc1ccccc1. The normalized spacial score (nSPS) is 11.7. The van der Waals surface area contributed by atoms with Crippen molar-refractivity contribution in [1.82, 2.24) is 0 Å². The molecule has 0 unspecified atom stereocenters. The molecule has 2 N–H and O–H groups in total. The van der Waals surface area contributed by atoms with Gasteiger partial charge in [0.2, 0.25) is 0 Å². The van der Waals surface area contributed by atoms with E-state index in [0.717, 1.165) is 28.4 Å². The van der Waals surface area contributed by atoms with Crippen LogP contribution in [0, 0.1) is 0 Å². The Labute approximate surface area is 180 Å². The van der Waals surface area contributed by atoms with Gasteiger partial charge in [-0.25, -0.2) is 0 Å². The molecule has 0 amide bonds. The first-order valence-electron chi connectivity index (χ1n) is 9.12. The number of hydrogen-bond acceptors (Lipinski definition) is 5. The van der Waals surface area contributed by atoms with Gasteiger partial charge in [0, 0.05) is 22.0 Å². The molecule has 0 radical (unpaired) electrons. The van der Waals surface area contributed by atoms with E-state index in [1.54, 1.807) is 25.1 Å². The second-order valence-electron chi connectivity index (χ2n) is 6.13. The number of thioether (sulfide) groups is 2. The number of hydrogen-bond donors (Lipinski definition) is 1. The number of rotatable bonds is 8. The van der Waals surface area contributed by atoms with Crippen LogP contribution in [0.2, 0.25) is 0 Å². The van der Waals surface area contributed by atoms with Crippen molar-refractivity contribution >= 4 is 34.9 Å². The lowest BCUT2D eigenvalue weighted by Gasteiger charge is -2.09. The van der Waals surface area contributed by atoms with Gasteiger partial charge in [-0.1, -0.05) is 72.4 Å². The Bertz CT molecular complexity index is 960. The van der Waals surface area contributed by atoms with Gasteiger partial charge in [0.15, 0.2) is 5.17 Å². The third-order valence-corrected chi connectivity index (χ3v) is 5.96. The van der Waals surface area contributed by atoms with Gasteiger partial charge in [0.1, 0.15) is 5.75 Å². The summed E-state index contributed by atoms with van der Waals surface area (Å²) in [7, 11) is 1.68. The van der Waals surface area contributed by atoms with E-state index in [-0.39, 0.29) is 0 Å². The Morgan fingerprint density at radius 2 is 1.69 bits per heavy atom. The molecule has 0 saturated carbocycles. The van der Waals surface area contributed by atoms with Crippen LogP contribution in [-0.2, 0) is 11.5 Å². The van der Waals surface area contributed by atoms with Crippen LogP contribution in [0.3, 0.4) is 0 Å². The molecule has 29 heavy (non-hydrogen) atoms. The van der Waals surface area contributed by atoms with Gasteiger partial charge >= 0.3 is 0 Å². The fourth-order valence-corrected chi connectivity index (χ4v) is 4.07. The summed E-state index contributed by atoms with van der Waals surface area (Å²) < 4.78 is 5.55. The number of amidine groups is 1. The van der Waals surface area contributed by atoms with E-state index >= 15 is 0 Å². The molecular formula is C23H23N3OS2. The molecule has 3 aromatic carbocycles. The Balaban J connectivity index is 1.57. The van der Waals surface area contributed by atoms with Gasteiger partial charge in [0.25, 0.3) is 0 Å². The molecule has 0 saturated heterocycles. The molecule has 0 aliphatic carbocycles. The summed E-state index contributed by atoms with van der Waals surface area (Å²) in [6, 6.07) is 26.5. The summed E-state index contributed by atoms with van der Waals surface area (Å²) in [5.74, 6) is 2.45. The van der Waals surface area contributed by atoms with E-state index in [9.17, 15) is 0 Å². The number of methoxy groups -OCH3 is 1. The van der Waals surface area contributed by atoms with Gasteiger partial charge in [-0.2, -0.15) is 5.10 Å². The van der Waals surface area contributed by atoms with Crippen molar-refractivity contribution in [1.29, 1.82) is 0 Å². The lowest BCUT2D eigenvalue weighted by molar-refractivity contribution is 0.411. The highest BCUT2D eigenvalue weighted by Gasteiger charge is 2.05. The zero-order valence-corrected chi connectivity index (χ0v) is 17.8. The summed E-state index contributed by atoms with van der Waals surface area (Å²) in [5, 5.41) is 8.62. The Morgan fingerprint density at radius 3 is 2.41 bits per heavy atom. The van der Waals surface area contributed by atoms with Crippen LogP contribution in [-0.4, -0.2) is 18.5 Å². The van der Waals surface area contributed by atoms with Crippen LogP contribution in [0.5, 0.6) is 5.75 Å². The molecule has 0 aliphatic heterocycles. The first-order chi connectivity index (χ1) is 14.2. The molecule has 4 nitrogen and oxygen atoms in total. The van der Waals surface area contributed by atoms with Crippen molar-refractivity contribution in [3.8, 4) is 5.75 Å². The van der Waals surface area contributed by atoms with E-state index in [1.165, 1.54) is 22.2 Å². The minimum Gasteiger partial charge on any atom is -0.496 e. The van der Waals surface area contributed by atoms with E-state index in [4.69, 9.17) is 10.5 Å². The third kappa shape index (κ3) is 7.00. The van der Waals surface area contributed by atoms with Gasteiger partial charge in [-0.05, 0) is 29.3 Å². The fraction of sp³-hybridized carbons (Fsp3) is 0.130. The standard InChI is InChI=1S/C23H23N3OS2/c1-27-22-14-19(12-13-20(22)17-28-21-10-6-3-7-11-21)15-25-26-23(24)29-16-18-8-4-2-5-9-18/h2-15H,16-17H2,1H3,(H2,24,26). The van der Waals surface area contributed by atoms with Gasteiger partial charge in [-0.15, -0.1) is 16.9 Å². The monoisotopic (exact) mass is 421 g/mol. The Hall–Kier alpha value is -2.70. The fourth-order valence-electron chi connectivity index (χ4n) is 2.55. The second-order valence-corrected chi connectivity index (χ2v) is 8.17. The largest absolute Gasteiger partial charge is 0.496 e. The van der Waals surface area contributed by atoms with Crippen LogP contribution >= 0.6 is 23.5 Å². The molecule has 3 rings (SSSR count). The highest BCUT2D eigenvalue weighted by atomic mass is 32.2. The van der Waals surface area contributed by atoms with Crippen LogP contribution in [0.15, 0.2) is 94.0 Å². The number of benzene rings is 3. The lowest BCUT2D eigenvalue weighted by Crippen LogP contribution is -2.06. The maximum absolute atomic E-state index is 5.93. The minimum absolute atomic E-state index is 0.438. The van der Waals surface area contributed by atoms with Crippen molar-refractivity contribution in [2.45, 2.75) is 16.4 Å². The summed E-state index contributed by atoms with van der Waals surface area (Å²) in [6.45, 7) is 0. The van der Waals surface area contributed by atoms with Crippen molar-refractivity contribution in [2.24, 2.45) is 15.9 Å². The van der Waals surface area contributed by atoms with E-state index in [0.29, 0.717) is 5.17 Å². The molecule has 0 fully saturated rings. The minimum atomic E-state index is 0.438. The van der Waals surface area contributed by atoms with Crippen molar-refractivity contribution in [3.05, 3.63) is 95.6 Å². The smallest absolute Gasteiger partial charge is 0.180 e. The summed E-state index contributed by atoms with van der Waals surface area (Å²) >= 11 is 3.25. The highest BCUT2D eigenvalue weighted by Crippen LogP contribution is 2.28. The topological polar surface area (TPSA) is 60.0 Å².